The quantitative estimate of drug-likeness (QED) is 0.786. The topological polar surface area (TPSA) is 53.3 Å². The summed E-state index contributed by atoms with van der Waals surface area (Å²) in [4.78, 5) is 13.6. The lowest BCUT2D eigenvalue weighted by atomic mass is 10.1. The predicted molar refractivity (Wildman–Crippen MR) is 68.9 cm³/mol. The summed E-state index contributed by atoms with van der Waals surface area (Å²) in [5, 5.41) is 8.84. The second-order valence-electron chi connectivity index (χ2n) is 4.23. The molecule has 1 aromatic carbocycles. The van der Waals surface area contributed by atoms with Crippen LogP contribution >= 0.6 is 11.6 Å². The molecule has 1 fully saturated rings. The van der Waals surface area contributed by atoms with Gasteiger partial charge in [-0.05, 0) is 18.1 Å². The van der Waals surface area contributed by atoms with Crippen LogP contribution in [0, 0.1) is 17.2 Å². The lowest BCUT2D eigenvalue weighted by Gasteiger charge is -2.19. The van der Waals surface area contributed by atoms with Crippen molar-refractivity contribution < 1.29 is 9.53 Å². The second kappa shape index (κ2) is 5.28. The summed E-state index contributed by atoms with van der Waals surface area (Å²) in [6.07, 6.45) is 0.465. The van der Waals surface area contributed by atoms with Crippen LogP contribution in [0.25, 0.3) is 0 Å². The van der Waals surface area contributed by atoms with Gasteiger partial charge in [-0.1, -0.05) is 0 Å². The number of benzene rings is 1. The van der Waals surface area contributed by atoms with Gasteiger partial charge in [0.15, 0.2) is 0 Å². The number of halogens is 1. The van der Waals surface area contributed by atoms with Gasteiger partial charge in [-0.3, -0.25) is 4.79 Å². The van der Waals surface area contributed by atoms with Crippen LogP contribution in [0.4, 0.5) is 5.69 Å². The Hall–Kier alpha value is -1.73. The minimum atomic E-state index is 0.0451. The summed E-state index contributed by atoms with van der Waals surface area (Å²) in [5.74, 6) is 1.24. The number of rotatable bonds is 3. The van der Waals surface area contributed by atoms with E-state index in [-0.39, 0.29) is 11.8 Å². The molecule has 1 atom stereocenters. The summed E-state index contributed by atoms with van der Waals surface area (Å²) in [5.41, 5.74) is 1.21. The van der Waals surface area contributed by atoms with Crippen molar-refractivity contribution in [3.63, 3.8) is 0 Å². The van der Waals surface area contributed by atoms with Gasteiger partial charge in [0.1, 0.15) is 5.75 Å². The Morgan fingerprint density at radius 2 is 2.39 bits per heavy atom. The third kappa shape index (κ3) is 2.27. The second-order valence-corrected chi connectivity index (χ2v) is 4.54. The number of hydrogen-bond acceptors (Lipinski definition) is 3. The Morgan fingerprint density at radius 3 is 2.94 bits per heavy atom. The average Bonchev–Trinajstić information content (AvgIpc) is 2.79. The van der Waals surface area contributed by atoms with Gasteiger partial charge >= 0.3 is 0 Å². The molecular weight excluding hydrogens is 252 g/mol. The molecule has 1 amide bonds. The molecule has 1 aromatic rings. The minimum Gasteiger partial charge on any atom is -0.495 e. The Balaban J connectivity index is 2.34. The smallest absolute Gasteiger partial charge is 0.227 e. The monoisotopic (exact) mass is 264 g/mol. The summed E-state index contributed by atoms with van der Waals surface area (Å²) < 4.78 is 5.24. The molecule has 0 spiro atoms. The molecule has 2 rings (SSSR count). The number of ether oxygens (including phenoxy) is 1. The Labute approximate surface area is 111 Å². The van der Waals surface area contributed by atoms with Crippen molar-refractivity contribution >= 4 is 23.2 Å². The Morgan fingerprint density at radius 1 is 1.61 bits per heavy atom. The van der Waals surface area contributed by atoms with E-state index >= 15 is 0 Å². The molecule has 0 aliphatic carbocycles. The van der Waals surface area contributed by atoms with Gasteiger partial charge in [-0.15, -0.1) is 11.6 Å². The summed E-state index contributed by atoms with van der Waals surface area (Å²) in [7, 11) is 1.53. The average molecular weight is 265 g/mol. The van der Waals surface area contributed by atoms with E-state index in [1.54, 1.807) is 23.1 Å². The fourth-order valence-electron chi connectivity index (χ4n) is 2.09. The van der Waals surface area contributed by atoms with Crippen LogP contribution in [0.5, 0.6) is 5.75 Å². The first-order chi connectivity index (χ1) is 8.69. The zero-order valence-corrected chi connectivity index (χ0v) is 10.8. The van der Waals surface area contributed by atoms with E-state index in [4.69, 9.17) is 21.6 Å². The van der Waals surface area contributed by atoms with Gasteiger partial charge in [0, 0.05) is 24.9 Å². The Bertz CT molecular complexity index is 510. The summed E-state index contributed by atoms with van der Waals surface area (Å²) >= 11 is 5.79. The van der Waals surface area contributed by atoms with Gasteiger partial charge in [-0.2, -0.15) is 5.26 Å². The number of carbonyl (C=O) groups is 1. The number of anilines is 1. The highest BCUT2D eigenvalue weighted by molar-refractivity contribution is 6.18. The fraction of sp³-hybridized carbons (Fsp3) is 0.385. The number of nitriles is 1. The van der Waals surface area contributed by atoms with E-state index in [0.29, 0.717) is 35.8 Å². The predicted octanol–water partition coefficient (Wildman–Crippen LogP) is 2.16. The number of hydrogen-bond donors (Lipinski definition) is 0. The third-order valence-corrected chi connectivity index (χ3v) is 3.46. The normalized spacial score (nSPS) is 18.8. The van der Waals surface area contributed by atoms with E-state index in [1.807, 2.05) is 6.07 Å². The highest BCUT2D eigenvalue weighted by Crippen LogP contribution is 2.33. The SMILES string of the molecule is COc1cc(C#N)ccc1N1CC(CCl)CC1=O. The minimum absolute atomic E-state index is 0.0451. The van der Waals surface area contributed by atoms with Crippen molar-refractivity contribution in [2.24, 2.45) is 5.92 Å². The molecule has 1 aliphatic heterocycles. The van der Waals surface area contributed by atoms with Crippen molar-refractivity contribution in [1.82, 2.24) is 0 Å². The maximum atomic E-state index is 11.9. The first-order valence-corrected chi connectivity index (χ1v) is 6.17. The first kappa shape index (κ1) is 12.7. The number of alkyl halides is 1. The van der Waals surface area contributed by atoms with Crippen molar-refractivity contribution in [2.45, 2.75) is 6.42 Å². The molecule has 0 aromatic heterocycles. The van der Waals surface area contributed by atoms with Gasteiger partial charge in [0.05, 0.1) is 24.4 Å². The zero-order chi connectivity index (χ0) is 13.1. The molecule has 0 radical (unpaired) electrons. The number of nitrogens with zero attached hydrogens (tertiary/aromatic N) is 2. The van der Waals surface area contributed by atoms with Crippen LogP contribution in [0.1, 0.15) is 12.0 Å². The van der Waals surface area contributed by atoms with Crippen LogP contribution in [0.3, 0.4) is 0 Å². The lowest BCUT2D eigenvalue weighted by molar-refractivity contribution is -0.117. The highest BCUT2D eigenvalue weighted by atomic mass is 35.5. The Kier molecular flexibility index (Phi) is 3.73. The number of carbonyl (C=O) groups excluding carboxylic acids is 1. The number of methoxy groups -OCH3 is 1. The first-order valence-electron chi connectivity index (χ1n) is 5.64. The molecule has 0 N–H and O–H groups in total. The van der Waals surface area contributed by atoms with Gasteiger partial charge in [-0.25, -0.2) is 0 Å². The highest BCUT2D eigenvalue weighted by Gasteiger charge is 2.31. The maximum Gasteiger partial charge on any atom is 0.227 e. The van der Waals surface area contributed by atoms with Gasteiger partial charge in [0.2, 0.25) is 5.91 Å². The van der Waals surface area contributed by atoms with Crippen LogP contribution in [-0.2, 0) is 4.79 Å². The molecule has 94 valence electrons. The standard InChI is InChI=1S/C13H13ClN2O2/c1-18-12-4-9(7-15)2-3-11(12)16-8-10(6-14)5-13(16)17/h2-4,10H,5-6,8H2,1H3. The fourth-order valence-corrected chi connectivity index (χ4v) is 2.29. The molecule has 5 heteroatoms. The van der Waals surface area contributed by atoms with Crippen LogP contribution < -0.4 is 9.64 Å². The van der Waals surface area contributed by atoms with Crippen LogP contribution in [0.2, 0.25) is 0 Å². The van der Waals surface area contributed by atoms with Crippen molar-refractivity contribution in [3.8, 4) is 11.8 Å². The molecule has 0 bridgehead atoms. The molecular formula is C13H13ClN2O2. The van der Waals surface area contributed by atoms with Crippen molar-refractivity contribution in [3.05, 3.63) is 23.8 Å². The lowest BCUT2D eigenvalue weighted by Crippen LogP contribution is -2.25. The number of amides is 1. The van der Waals surface area contributed by atoms with E-state index in [0.717, 1.165) is 0 Å². The molecule has 18 heavy (non-hydrogen) atoms. The molecule has 1 aliphatic rings. The van der Waals surface area contributed by atoms with E-state index in [2.05, 4.69) is 0 Å². The van der Waals surface area contributed by atoms with E-state index in [9.17, 15) is 4.79 Å². The van der Waals surface area contributed by atoms with Gasteiger partial charge < -0.3 is 9.64 Å². The molecule has 1 heterocycles. The van der Waals surface area contributed by atoms with Crippen LogP contribution in [0.15, 0.2) is 18.2 Å². The molecule has 4 nitrogen and oxygen atoms in total. The third-order valence-electron chi connectivity index (χ3n) is 3.02. The molecule has 1 saturated heterocycles. The molecule has 1 unspecified atom stereocenters. The van der Waals surface area contributed by atoms with Crippen LogP contribution in [-0.4, -0.2) is 25.4 Å². The zero-order valence-electron chi connectivity index (χ0n) is 10.0. The van der Waals surface area contributed by atoms with E-state index in [1.165, 1.54) is 7.11 Å². The van der Waals surface area contributed by atoms with Crippen molar-refractivity contribution in [2.75, 3.05) is 24.4 Å². The molecule has 0 saturated carbocycles. The summed E-state index contributed by atoms with van der Waals surface area (Å²) in [6, 6.07) is 7.10. The van der Waals surface area contributed by atoms with E-state index < -0.39 is 0 Å². The summed E-state index contributed by atoms with van der Waals surface area (Å²) in [6.45, 7) is 0.602. The van der Waals surface area contributed by atoms with Gasteiger partial charge in [0.25, 0.3) is 0 Å². The largest absolute Gasteiger partial charge is 0.495 e. The maximum absolute atomic E-state index is 11.9. The van der Waals surface area contributed by atoms with Crippen molar-refractivity contribution in [1.29, 1.82) is 5.26 Å².